The molecule has 162 valence electrons. The van der Waals surface area contributed by atoms with Gasteiger partial charge in [-0.15, -0.1) is 0 Å². The van der Waals surface area contributed by atoms with Crippen molar-refractivity contribution in [3.05, 3.63) is 39.9 Å². The number of benzene rings is 1. The number of carbonyl (C=O) groups excluding carboxylic acids is 2. The minimum absolute atomic E-state index is 0.0628. The molecule has 0 fully saturated rings. The Kier molecular flexibility index (Phi) is 6.14. The lowest BCUT2D eigenvalue weighted by atomic mass is 9.92. The number of fused-ring (bicyclic) bond motifs is 2. The van der Waals surface area contributed by atoms with E-state index in [0.717, 1.165) is 6.07 Å². The molecule has 0 bridgehead atoms. The van der Waals surface area contributed by atoms with Gasteiger partial charge in [-0.05, 0) is 38.8 Å². The van der Waals surface area contributed by atoms with Crippen molar-refractivity contribution in [1.29, 1.82) is 0 Å². The van der Waals surface area contributed by atoms with Gasteiger partial charge in [0.1, 0.15) is 5.82 Å². The number of halogens is 3. The summed E-state index contributed by atoms with van der Waals surface area (Å²) in [4.78, 5) is 41.5. The van der Waals surface area contributed by atoms with Gasteiger partial charge in [0.25, 0.3) is 5.56 Å². The SMILES string of the molecule is CCOC(=O)C(CC1CCn2c1nc1c(C(F)(F)F)cccc1c2=O)C(=O)OCC. The molecule has 0 aliphatic carbocycles. The fourth-order valence-corrected chi connectivity index (χ4v) is 3.71. The maximum absolute atomic E-state index is 13.4. The Bertz CT molecular complexity index is 1010. The third-order valence-electron chi connectivity index (χ3n) is 5.05. The first-order chi connectivity index (χ1) is 14.2. The van der Waals surface area contributed by atoms with Gasteiger partial charge in [-0.2, -0.15) is 13.2 Å². The van der Waals surface area contributed by atoms with Crippen molar-refractivity contribution < 1.29 is 32.2 Å². The summed E-state index contributed by atoms with van der Waals surface area (Å²) in [7, 11) is 0. The van der Waals surface area contributed by atoms with Gasteiger partial charge in [0.05, 0.1) is 29.7 Å². The number of aromatic nitrogens is 2. The van der Waals surface area contributed by atoms with Crippen molar-refractivity contribution in [1.82, 2.24) is 9.55 Å². The molecule has 3 rings (SSSR count). The summed E-state index contributed by atoms with van der Waals surface area (Å²) in [5.74, 6) is -3.22. The van der Waals surface area contributed by atoms with Gasteiger partial charge in [-0.3, -0.25) is 19.0 Å². The predicted molar refractivity (Wildman–Crippen MR) is 99.7 cm³/mol. The van der Waals surface area contributed by atoms with E-state index >= 15 is 0 Å². The molecule has 10 heteroatoms. The number of nitrogens with zero attached hydrogens (tertiary/aromatic N) is 2. The van der Waals surface area contributed by atoms with Crippen LogP contribution in [-0.2, 0) is 31.8 Å². The van der Waals surface area contributed by atoms with Gasteiger partial charge >= 0.3 is 18.1 Å². The van der Waals surface area contributed by atoms with Crippen LogP contribution in [-0.4, -0.2) is 34.7 Å². The molecule has 2 heterocycles. The Balaban J connectivity index is 2.05. The molecule has 1 aliphatic rings. The zero-order chi connectivity index (χ0) is 22.1. The summed E-state index contributed by atoms with van der Waals surface area (Å²) < 4.78 is 51.5. The van der Waals surface area contributed by atoms with Crippen LogP contribution in [0.2, 0.25) is 0 Å². The highest BCUT2D eigenvalue weighted by Gasteiger charge is 2.38. The molecule has 30 heavy (non-hydrogen) atoms. The Morgan fingerprint density at radius 3 is 2.40 bits per heavy atom. The van der Waals surface area contributed by atoms with Crippen LogP contribution in [0.3, 0.4) is 0 Å². The van der Waals surface area contributed by atoms with Gasteiger partial charge in [-0.1, -0.05) is 6.07 Å². The Morgan fingerprint density at radius 2 is 1.83 bits per heavy atom. The van der Waals surface area contributed by atoms with E-state index in [1.165, 1.54) is 16.7 Å². The fraction of sp³-hybridized carbons (Fsp3) is 0.500. The van der Waals surface area contributed by atoms with Crippen LogP contribution in [0.5, 0.6) is 0 Å². The van der Waals surface area contributed by atoms with Crippen LogP contribution >= 0.6 is 0 Å². The Morgan fingerprint density at radius 1 is 1.20 bits per heavy atom. The third kappa shape index (κ3) is 4.03. The van der Waals surface area contributed by atoms with E-state index in [4.69, 9.17) is 9.47 Å². The second-order valence-electron chi connectivity index (χ2n) is 6.90. The lowest BCUT2D eigenvalue weighted by molar-refractivity contribution is -0.162. The summed E-state index contributed by atoms with van der Waals surface area (Å²) in [5.41, 5.74) is -2.01. The van der Waals surface area contributed by atoms with Crippen molar-refractivity contribution in [2.24, 2.45) is 5.92 Å². The first-order valence-electron chi connectivity index (χ1n) is 9.62. The Hall–Kier alpha value is -2.91. The number of ether oxygens (including phenoxy) is 2. The maximum Gasteiger partial charge on any atom is 0.418 e. The topological polar surface area (TPSA) is 87.5 Å². The van der Waals surface area contributed by atoms with Crippen molar-refractivity contribution in [2.45, 2.75) is 45.3 Å². The standard InChI is InChI=1S/C20H21F3N2O5/c1-3-29-18(27)13(19(28)30-4-2)10-11-8-9-25-16(11)24-15-12(17(25)26)6-5-7-14(15)20(21,22)23/h5-7,11,13H,3-4,8-10H2,1-2H3. The molecule has 1 unspecified atom stereocenters. The first-order valence-corrected chi connectivity index (χ1v) is 9.62. The zero-order valence-electron chi connectivity index (χ0n) is 16.5. The maximum atomic E-state index is 13.4. The summed E-state index contributed by atoms with van der Waals surface area (Å²) in [6.45, 7) is 3.55. The molecule has 1 atom stereocenters. The summed E-state index contributed by atoms with van der Waals surface area (Å²) >= 11 is 0. The number of para-hydroxylation sites is 1. The largest absolute Gasteiger partial charge is 0.465 e. The minimum atomic E-state index is -4.68. The third-order valence-corrected chi connectivity index (χ3v) is 5.05. The number of carbonyl (C=O) groups is 2. The van der Waals surface area contributed by atoms with Gasteiger partial charge in [0, 0.05) is 12.5 Å². The average molecular weight is 426 g/mol. The molecule has 1 aliphatic heterocycles. The highest BCUT2D eigenvalue weighted by molar-refractivity contribution is 5.95. The van der Waals surface area contributed by atoms with Crippen molar-refractivity contribution in [2.75, 3.05) is 13.2 Å². The molecule has 0 saturated carbocycles. The average Bonchev–Trinajstić information content (AvgIpc) is 3.08. The van der Waals surface area contributed by atoms with E-state index in [0.29, 0.717) is 6.42 Å². The molecule has 0 spiro atoms. The van der Waals surface area contributed by atoms with Crippen LogP contribution in [0.4, 0.5) is 13.2 Å². The van der Waals surface area contributed by atoms with E-state index in [9.17, 15) is 27.6 Å². The molecule has 0 saturated heterocycles. The molecular weight excluding hydrogens is 405 g/mol. The zero-order valence-corrected chi connectivity index (χ0v) is 16.5. The van der Waals surface area contributed by atoms with E-state index in [-0.39, 0.29) is 37.4 Å². The van der Waals surface area contributed by atoms with E-state index in [1.54, 1.807) is 13.8 Å². The number of hydrogen-bond acceptors (Lipinski definition) is 6. The second kappa shape index (κ2) is 8.45. The van der Waals surface area contributed by atoms with Crippen molar-refractivity contribution in [3.63, 3.8) is 0 Å². The van der Waals surface area contributed by atoms with E-state index in [1.807, 2.05) is 0 Å². The fourth-order valence-electron chi connectivity index (χ4n) is 3.71. The molecule has 0 radical (unpaired) electrons. The van der Waals surface area contributed by atoms with Gasteiger partial charge in [0.15, 0.2) is 5.92 Å². The Labute approximate surface area is 169 Å². The van der Waals surface area contributed by atoms with Gasteiger partial charge in [-0.25, -0.2) is 4.98 Å². The number of alkyl halides is 3. The minimum Gasteiger partial charge on any atom is -0.465 e. The van der Waals surface area contributed by atoms with Crippen LogP contribution in [0.1, 0.15) is 44.0 Å². The second-order valence-corrected chi connectivity index (χ2v) is 6.90. The highest BCUT2D eigenvalue weighted by Crippen LogP contribution is 2.36. The van der Waals surface area contributed by atoms with Gasteiger partial charge < -0.3 is 9.47 Å². The normalized spacial score (nSPS) is 16.0. The van der Waals surface area contributed by atoms with E-state index < -0.39 is 46.6 Å². The molecule has 1 aromatic heterocycles. The van der Waals surface area contributed by atoms with Crippen LogP contribution in [0.25, 0.3) is 10.9 Å². The highest BCUT2D eigenvalue weighted by atomic mass is 19.4. The van der Waals surface area contributed by atoms with Crippen LogP contribution < -0.4 is 5.56 Å². The lowest BCUT2D eigenvalue weighted by Gasteiger charge is -2.18. The summed E-state index contributed by atoms with van der Waals surface area (Å²) in [6, 6.07) is 3.35. The van der Waals surface area contributed by atoms with E-state index in [2.05, 4.69) is 4.98 Å². The lowest BCUT2D eigenvalue weighted by Crippen LogP contribution is -2.30. The number of esters is 2. The molecular formula is C20H21F3N2O5. The summed E-state index contributed by atoms with van der Waals surface area (Å²) in [6.07, 6.45) is -4.39. The smallest absolute Gasteiger partial charge is 0.418 e. The predicted octanol–water partition coefficient (Wildman–Crippen LogP) is 3.04. The molecule has 7 nitrogen and oxygen atoms in total. The van der Waals surface area contributed by atoms with Crippen molar-refractivity contribution >= 4 is 22.8 Å². The quantitative estimate of drug-likeness (QED) is 0.521. The molecule has 2 aromatic rings. The van der Waals surface area contributed by atoms with Gasteiger partial charge in [0.2, 0.25) is 0 Å². The number of hydrogen-bond donors (Lipinski definition) is 0. The molecule has 0 amide bonds. The first kappa shape index (κ1) is 21.8. The number of rotatable bonds is 6. The monoisotopic (exact) mass is 426 g/mol. The van der Waals surface area contributed by atoms with Crippen LogP contribution in [0, 0.1) is 5.92 Å². The van der Waals surface area contributed by atoms with Crippen LogP contribution in [0.15, 0.2) is 23.0 Å². The summed E-state index contributed by atoms with van der Waals surface area (Å²) in [5, 5.41) is -0.124. The molecule has 1 aromatic carbocycles. The van der Waals surface area contributed by atoms with Crippen molar-refractivity contribution in [3.8, 4) is 0 Å². The molecule has 0 N–H and O–H groups in total.